The molecule has 7 heteroatoms. The van der Waals surface area contributed by atoms with E-state index in [2.05, 4.69) is 27.4 Å². The van der Waals surface area contributed by atoms with Crippen LogP contribution < -0.4 is 5.32 Å². The third-order valence-electron chi connectivity index (χ3n) is 3.59. The van der Waals surface area contributed by atoms with Crippen molar-refractivity contribution in [2.45, 2.75) is 26.1 Å². The number of nitrogens with zero attached hydrogens (tertiary/aromatic N) is 4. The summed E-state index contributed by atoms with van der Waals surface area (Å²) in [6.07, 6.45) is 1.25. The van der Waals surface area contributed by atoms with Crippen LogP contribution in [0.25, 0.3) is 11.3 Å². The maximum atomic E-state index is 9.55. The van der Waals surface area contributed by atoms with Crippen molar-refractivity contribution in [3.05, 3.63) is 60.4 Å². The Balaban J connectivity index is 1.67. The fourth-order valence-electron chi connectivity index (χ4n) is 2.30. The zero-order chi connectivity index (χ0) is 16.9. The molecule has 0 saturated carbocycles. The highest BCUT2D eigenvalue weighted by molar-refractivity contribution is 5.58. The van der Waals surface area contributed by atoms with Crippen molar-refractivity contribution in [2.75, 3.05) is 5.32 Å². The lowest BCUT2D eigenvalue weighted by molar-refractivity contribution is 0.199. The third kappa shape index (κ3) is 3.52. The Labute approximate surface area is 139 Å². The normalized spacial score (nSPS) is 12.1. The van der Waals surface area contributed by atoms with Crippen LogP contribution in [-0.4, -0.2) is 25.3 Å². The summed E-state index contributed by atoms with van der Waals surface area (Å²) in [5, 5.41) is 24.1. The smallest absolute Gasteiger partial charge is 0.243 e. The Morgan fingerprint density at radius 1 is 1.29 bits per heavy atom. The molecule has 124 valence electrons. The summed E-state index contributed by atoms with van der Waals surface area (Å²) in [6, 6.07) is 11.5. The highest BCUT2D eigenvalue weighted by atomic mass is 16.3. The van der Waals surface area contributed by atoms with Gasteiger partial charge in [-0.1, -0.05) is 35.4 Å². The van der Waals surface area contributed by atoms with Crippen molar-refractivity contribution >= 4 is 5.95 Å². The highest BCUT2D eigenvalue weighted by Crippen LogP contribution is 2.24. The first-order chi connectivity index (χ1) is 11.7. The summed E-state index contributed by atoms with van der Waals surface area (Å²) < 4.78 is 7.46. The Bertz CT molecular complexity index is 805. The lowest BCUT2D eigenvalue weighted by atomic mass is 10.1. The summed E-state index contributed by atoms with van der Waals surface area (Å²) in [6.45, 7) is 6.42. The van der Waals surface area contributed by atoms with E-state index in [1.54, 1.807) is 17.7 Å². The predicted octanol–water partition coefficient (Wildman–Crippen LogP) is 2.78. The summed E-state index contributed by atoms with van der Waals surface area (Å²) in [4.78, 5) is 0. The molecule has 1 aromatic carbocycles. The number of aliphatic hydroxyl groups is 1. The van der Waals surface area contributed by atoms with E-state index in [1.165, 1.54) is 0 Å². The number of anilines is 1. The van der Waals surface area contributed by atoms with Gasteiger partial charge in [-0.3, -0.25) is 0 Å². The quantitative estimate of drug-likeness (QED) is 0.649. The van der Waals surface area contributed by atoms with Crippen LogP contribution in [0, 0.1) is 0 Å². The minimum atomic E-state index is -0.475. The van der Waals surface area contributed by atoms with Crippen molar-refractivity contribution in [3.63, 3.8) is 0 Å². The van der Waals surface area contributed by atoms with E-state index in [0.29, 0.717) is 19.0 Å². The van der Waals surface area contributed by atoms with Gasteiger partial charge in [-0.2, -0.15) is 0 Å². The number of furan rings is 1. The fraction of sp³-hybridized carbons (Fsp3) is 0.235. The van der Waals surface area contributed by atoms with Crippen LogP contribution in [0.1, 0.15) is 24.4 Å². The molecule has 1 unspecified atom stereocenters. The van der Waals surface area contributed by atoms with E-state index in [4.69, 9.17) is 4.42 Å². The van der Waals surface area contributed by atoms with Crippen molar-refractivity contribution in [1.82, 2.24) is 20.2 Å². The van der Waals surface area contributed by atoms with Gasteiger partial charge < -0.3 is 14.8 Å². The molecular formula is C17H19N5O2. The van der Waals surface area contributed by atoms with Crippen molar-refractivity contribution < 1.29 is 9.52 Å². The molecular weight excluding hydrogens is 306 g/mol. The van der Waals surface area contributed by atoms with Gasteiger partial charge in [0.1, 0.15) is 11.5 Å². The van der Waals surface area contributed by atoms with Crippen LogP contribution in [0.4, 0.5) is 5.95 Å². The van der Waals surface area contributed by atoms with Crippen LogP contribution in [0.2, 0.25) is 0 Å². The van der Waals surface area contributed by atoms with E-state index >= 15 is 0 Å². The average Bonchev–Trinajstić information content (AvgIpc) is 3.23. The number of allylic oxidation sites excluding steroid dienone is 1. The van der Waals surface area contributed by atoms with Crippen LogP contribution >= 0.6 is 0 Å². The maximum Gasteiger partial charge on any atom is 0.243 e. The summed E-state index contributed by atoms with van der Waals surface area (Å²) >= 11 is 0. The molecule has 0 fully saturated rings. The second-order valence-corrected chi connectivity index (χ2v) is 5.39. The van der Waals surface area contributed by atoms with Crippen LogP contribution in [0.5, 0.6) is 0 Å². The first kappa shape index (κ1) is 15.9. The Kier molecular flexibility index (Phi) is 4.72. The lowest BCUT2D eigenvalue weighted by Gasteiger charge is -2.05. The Morgan fingerprint density at radius 2 is 2.08 bits per heavy atom. The molecule has 7 nitrogen and oxygen atoms in total. The van der Waals surface area contributed by atoms with E-state index in [1.807, 2.05) is 36.4 Å². The van der Waals surface area contributed by atoms with Gasteiger partial charge in [0.15, 0.2) is 0 Å². The SMILES string of the molecule is C=CCn1nnnc1NCc1ccc(-c2ccc(C(C)O)cc2)o1. The van der Waals surface area contributed by atoms with E-state index in [9.17, 15) is 5.11 Å². The molecule has 1 atom stereocenters. The summed E-state index contributed by atoms with van der Waals surface area (Å²) in [7, 11) is 0. The molecule has 3 rings (SSSR count). The largest absolute Gasteiger partial charge is 0.459 e. The number of aliphatic hydroxyl groups excluding tert-OH is 1. The van der Waals surface area contributed by atoms with Gasteiger partial charge in [0.2, 0.25) is 5.95 Å². The van der Waals surface area contributed by atoms with E-state index < -0.39 is 6.10 Å². The molecule has 0 radical (unpaired) electrons. The molecule has 0 saturated heterocycles. The van der Waals surface area contributed by atoms with Gasteiger partial charge in [0, 0.05) is 5.56 Å². The standard InChI is InChI=1S/C17H19N5O2/c1-3-10-22-17(19-20-21-22)18-11-15-8-9-16(24-15)14-6-4-13(5-7-14)12(2)23/h3-9,12,23H,1,10-11H2,2H3,(H,18,19,21). The Morgan fingerprint density at radius 3 is 2.79 bits per heavy atom. The summed E-state index contributed by atoms with van der Waals surface area (Å²) in [5.74, 6) is 2.11. The second kappa shape index (κ2) is 7.10. The number of aromatic nitrogens is 4. The molecule has 2 N–H and O–H groups in total. The van der Waals surface area contributed by atoms with Crippen molar-refractivity contribution in [1.29, 1.82) is 0 Å². The minimum Gasteiger partial charge on any atom is -0.459 e. The van der Waals surface area contributed by atoms with E-state index in [0.717, 1.165) is 22.6 Å². The predicted molar refractivity (Wildman–Crippen MR) is 90.1 cm³/mol. The van der Waals surface area contributed by atoms with Crippen molar-refractivity contribution in [3.8, 4) is 11.3 Å². The molecule has 0 bridgehead atoms. The molecule has 24 heavy (non-hydrogen) atoms. The zero-order valence-electron chi connectivity index (χ0n) is 13.4. The number of benzene rings is 1. The number of tetrazole rings is 1. The van der Waals surface area contributed by atoms with Gasteiger partial charge >= 0.3 is 0 Å². The fourth-order valence-corrected chi connectivity index (χ4v) is 2.30. The molecule has 0 amide bonds. The molecule has 2 aromatic heterocycles. The van der Waals surface area contributed by atoms with Crippen LogP contribution in [-0.2, 0) is 13.1 Å². The monoisotopic (exact) mass is 325 g/mol. The minimum absolute atomic E-state index is 0.475. The van der Waals surface area contributed by atoms with Gasteiger partial charge in [0.05, 0.1) is 19.2 Å². The first-order valence-electron chi connectivity index (χ1n) is 7.65. The molecule has 0 aliphatic rings. The molecule has 0 spiro atoms. The van der Waals surface area contributed by atoms with Crippen molar-refractivity contribution in [2.24, 2.45) is 0 Å². The second-order valence-electron chi connectivity index (χ2n) is 5.39. The van der Waals surface area contributed by atoms with Gasteiger partial charge in [-0.25, -0.2) is 4.68 Å². The zero-order valence-corrected chi connectivity index (χ0v) is 13.4. The van der Waals surface area contributed by atoms with Crippen LogP contribution in [0.3, 0.4) is 0 Å². The number of nitrogens with one attached hydrogen (secondary N) is 1. The topological polar surface area (TPSA) is 89.0 Å². The number of rotatable bonds is 7. The molecule has 0 aliphatic heterocycles. The van der Waals surface area contributed by atoms with Crippen LogP contribution in [0.15, 0.2) is 53.5 Å². The van der Waals surface area contributed by atoms with Gasteiger partial charge in [-0.05, 0) is 35.0 Å². The summed E-state index contributed by atoms with van der Waals surface area (Å²) in [5.41, 5.74) is 1.84. The molecule has 3 aromatic rings. The van der Waals surface area contributed by atoms with Gasteiger partial charge in [-0.15, -0.1) is 6.58 Å². The first-order valence-corrected chi connectivity index (χ1v) is 7.65. The molecule has 0 aliphatic carbocycles. The lowest BCUT2D eigenvalue weighted by Crippen LogP contribution is -2.07. The van der Waals surface area contributed by atoms with Gasteiger partial charge in [0.25, 0.3) is 0 Å². The highest BCUT2D eigenvalue weighted by Gasteiger charge is 2.08. The number of hydrogen-bond donors (Lipinski definition) is 2. The maximum absolute atomic E-state index is 9.55. The third-order valence-corrected chi connectivity index (χ3v) is 3.59. The number of hydrogen-bond acceptors (Lipinski definition) is 6. The average molecular weight is 325 g/mol. The van der Waals surface area contributed by atoms with E-state index in [-0.39, 0.29) is 0 Å². The molecule has 2 heterocycles. The Hall–Kier alpha value is -2.93.